The Hall–Kier alpha value is -0.480. The van der Waals surface area contributed by atoms with Crippen LogP contribution >= 0.6 is 11.9 Å². The summed E-state index contributed by atoms with van der Waals surface area (Å²) in [5.41, 5.74) is 0.941. The van der Waals surface area contributed by atoms with Crippen LogP contribution in [0.25, 0.3) is 0 Å². The van der Waals surface area contributed by atoms with Crippen molar-refractivity contribution in [3.8, 4) is 0 Å². The fourth-order valence-electron chi connectivity index (χ4n) is 0.761. The van der Waals surface area contributed by atoms with Crippen LogP contribution in [-0.4, -0.2) is 9.73 Å². The number of hydrogen-bond donors (Lipinski definition) is 1. The smallest absolute Gasteiger partial charge is 0.180 e. The lowest BCUT2D eigenvalue weighted by Crippen LogP contribution is -2.19. The maximum absolute atomic E-state index is 4.91. The first-order chi connectivity index (χ1) is 5.99. The lowest BCUT2D eigenvalue weighted by Gasteiger charge is -2.20. The van der Waals surface area contributed by atoms with Crippen LogP contribution in [0.5, 0.6) is 0 Å². The second-order valence-corrected chi connectivity index (χ2v) is 5.63. The van der Waals surface area contributed by atoms with E-state index in [-0.39, 0.29) is 10.8 Å². The summed E-state index contributed by atoms with van der Waals surface area (Å²) < 4.78 is 8.45. The van der Waals surface area contributed by atoms with Gasteiger partial charge in [0.15, 0.2) is 6.39 Å². The molecule has 3 nitrogen and oxygen atoms in total. The van der Waals surface area contributed by atoms with E-state index >= 15 is 0 Å². The lowest BCUT2D eigenvalue weighted by molar-refractivity contribution is 0.554. The zero-order valence-corrected chi connectivity index (χ0v) is 9.31. The molecule has 0 bridgehead atoms. The van der Waals surface area contributed by atoms with Gasteiger partial charge in [0.25, 0.3) is 0 Å². The summed E-state index contributed by atoms with van der Waals surface area (Å²) in [7, 11) is 0. The van der Waals surface area contributed by atoms with Crippen LogP contribution in [0.2, 0.25) is 0 Å². The van der Waals surface area contributed by atoms with Gasteiger partial charge in [0, 0.05) is 4.75 Å². The van der Waals surface area contributed by atoms with Crippen LogP contribution in [0, 0.1) is 0 Å². The van der Waals surface area contributed by atoms with Gasteiger partial charge in [-0.05, 0) is 27.7 Å². The molecule has 0 saturated carbocycles. The van der Waals surface area contributed by atoms with Crippen molar-refractivity contribution in [3.63, 3.8) is 0 Å². The first kappa shape index (κ1) is 10.6. The van der Waals surface area contributed by atoms with Gasteiger partial charge in [-0.25, -0.2) is 4.98 Å². The molecule has 0 fully saturated rings. The minimum Gasteiger partial charge on any atom is -0.451 e. The predicted molar refractivity (Wildman–Crippen MR) is 55.4 cm³/mol. The second kappa shape index (κ2) is 4.15. The molecule has 1 unspecified atom stereocenters. The molecule has 0 aromatic carbocycles. The average Bonchev–Trinajstić information content (AvgIpc) is 2.50. The SMILES string of the molecule is CC(NSC(C)(C)C)c1cocn1. The molecule has 0 amide bonds. The standard InChI is InChI=1S/C9H16N2OS/c1-7(8-5-12-6-10-8)11-13-9(2,3)4/h5-7,11H,1-4H3. The fourth-order valence-corrected chi connectivity index (χ4v) is 1.41. The minimum atomic E-state index is 0.220. The molecule has 4 heteroatoms. The first-order valence-electron chi connectivity index (χ1n) is 4.30. The molecular weight excluding hydrogens is 184 g/mol. The van der Waals surface area contributed by atoms with Gasteiger partial charge in [-0.2, -0.15) is 0 Å². The molecule has 0 aliphatic rings. The van der Waals surface area contributed by atoms with Crippen LogP contribution in [-0.2, 0) is 0 Å². The molecule has 1 N–H and O–H groups in total. The third-order valence-electron chi connectivity index (χ3n) is 1.44. The molecule has 0 aliphatic carbocycles. The molecule has 1 aromatic heterocycles. The van der Waals surface area contributed by atoms with Gasteiger partial charge >= 0.3 is 0 Å². The Morgan fingerprint density at radius 1 is 1.54 bits per heavy atom. The van der Waals surface area contributed by atoms with E-state index in [0.29, 0.717) is 0 Å². The fraction of sp³-hybridized carbons (Fsp3) is 0.667. The maximum atomic E-state index is 4.91. The summed E-state index contributed by atoms with van der Waals surface area (Å²) in [6, 6.07) is 0.225. The highest BCUT2D eigenvalue weighted by atomic mass is 32.2. The molecular formula is C9H16N2OS. The van der Waals surface area contributed by atoms with Crippen molar-refractivity contribution in [2.45, 2.75) is 38.5 Å². The highest BCUT2D eigenvalue weighted by molar-refractivity contribution is 7.98. The van der Waals surface area contributed by atoms with E-state index < -0.39 is 0 Å². The minimum absolute atomic E-state index is 0.220. The second-order valence-electron chi connectivity index (χ2n) is 3.97. The largest absolute Gasteiger partial charge is 0.451 e. The average molecular weight is 200 g/mol. The van der Waals surface area contributed by atoms with Crippen molar-refractivity contribution >= 4 is 11.9 Å². The zero-order chi connectivity index (χ0) is 9.90. The van der Waals surface area contributed by atoms with Gasteiger partial charge in [0.2, 0.25) is 0 Å². The summed E-state index contributed by atoms with van der Waals surface area (Å²) >= 11 is 1.71. The predicted octanol–water partition coefficient (Wildman–Crippen LogP) is 2.77. The topological polar surface area (TPSA) is 38.1 Å². The van der Waals surface area contributed by atoms with E-state index in [0.717, 1.165) is 5.69 Å². The number of oxazole rings is 1. The van der Waals surface area contributed by atoms with Gasteiger partial charge in [0.1, 0.15) is 6.26 Å². The quantitative estimate of drug-likeness (QED) is 0.761. The van der Waals surface area contributed by atoms with E-state index in [2.05, 4.69) is 37.4 Å². The van der Waals surface area contributed by atoms with Gasteiger partial charge in [-0.3, -0.25) is 4.72 Å². The van der Waals surface area contributed by atoms with E-state index in [4.69, 9.17) is 4.42 Å². The third-order valence-corrected chi connectivity index (χ3v) is 2.52. The summed E-state index contributed by atoms with van der Waals surface area (Å²) in [6.07, 6.45) is 3.12. The van der Waals surface area contributed by atoms with Gasteiger partial charge in [-0.15, -0.1) is 0 Å². The van der Waals surface area contributed by atoms with Crippen molar-refractivity contribution < 1.29 is 4.42 Å². The monoisotopic (exact) mass is 200 g/mol. The van der Waals surface area contributed by atoms with Crippen LogP contribution < -0.4 is 4.72 Å². The molecule has 13 heavy (non-hydrogen) atoms. The highest BCUT2D eigenvalue weighted by Gasteiger charge is 2.14. The van der Waals surface area contributed by atoms with Crippen molar-refractivity contribution in [2.75, 3.05) is 0 Å². The highest BCUT2D eigenvalue weighted by Crippen LogP contribution is 2.23. The normalized spacial score (nSPS) is 14.5. The Labute approximate surface area is 83.4 Å². The summed E-state index contributed by atoms with van der Waals surface area (Å²) in [6.45, 7) is 8.57. The van der Waals surface area contributed by atoms with E-state index in [9.17, 15) is 0 Å². The van der Waals surface area contributed by atoms with Crippen LogP contribution in [0.3, 0.4) is 0 Å². The van der Waals surface area contributed by atoms with E-state index in [1.807, 2.05) is 0 Å². The molecule has 0 aliphatic heterocycles. The summed E-state index contributed by atoms with van der Waals surface area (Å²) in [4.78, 5) is 4.07. The van der Waals surface area contributed by atoms with Gasteiger partial charge in [-0.1, -0.05) is 11.9 Å². The molecule has 1 aromatic rings. The summed E-state index contributed by atoms with van der Waals surface area (Å²) in [5.74, 6) is 0. The van der Waals surface area contributed by atoms with Crippen molar-refractivity contribution in [1.29, 1.82) is 0 Å². The number of hydrogen-bond acceptors (Lipinski definition) is 4. The number of rotatable bonds is 3. The van der Waals surface area contributed by atoms with Crippen molar-refractivity contribution in [1.82, 2.24) is 9.71 Å². The van der Waals surface area contributed by atoms with Crippen LogP contribution in [0.15, 0.2) is 17.1 Å². The molecule has 0 radical (unpaired) electrons. The zero-order valence-electron chi connectivity index (χ0n) is 8.50. The Morgan fingerprint density at radius 2 is 2.23 bits per heavy atom. The molecule has 0 saturated heterocycles. The van der Waals surface area contributed by atoms with Crippen molar-refractivity contribution in [3.05, 3.63) is 18.4 Å². The molecule has 1 heterocycles. The Balaban J connectivity index is 2.39. The lowest BCUT2D eigenvalue weighted by atomic mass is 10.3. The first-order valence-corrected chi connectivity index (χ1v) is 5.12. The third kappa shape index (κ3) is 3.83. The maximum Gasteiger partial charge on any atom is 0.180 e. The van der Waals surface area contributed by atoms with Crippen LogP contribution in [0.1, 0.15) is 39.4 Å². The van der Waals surface area contributed by atoms with Crippen LogP contribution in [0.4, 0.5) is 0 Å². The Bertz CT molecular complexity index is 241. The Kier molecular flexibility index (Phi) is 3.39. The number of nitrogens with zero attached hydrogens (tertiary/aromatic N) is 1. The number of aromatic nitrogens is 1. The molecule has 0 spiro atoms. The van der Waals surface area contributed by atoms with Gasteiger partial charge in [0.05, 0.1) is 11.7 Å². The molecule has 74 valence electrons. The number of nitrogens with one attached hydrogen (secondary N) is 1. The summed E-state index contributed by atoms with van der Waals surface area (Å²) in [5, 5.41) is 0. The van der Waals surface area contributed by atoms with E-state index in [1.54, 1.807) is 18.2 Å². The Morgan fingerprint density at radius 3 is 2.69 bits per heavy atom. The molecule has 1 atom stereocenters. The van der Waals surface area contributed by atoms with E-state index in [1.165, 1.54) is 6.39 Å². The molecule has 1 rings (SSSR count). The van der Waals surface area contributed by atoms with Crippen molar-refractivity contribution in [2.24, 2.45) is 0 Å². The van der Waals surface area contributed by atoms with Gasteiger partial charge < -0.3 is 4.42 Å².